The summed E-state index contributed by atoms with van der Waals surface area (Å²) >= 11 is 0. The lowest BCUT2D eigenvalue weighted by molar-refractivity contribution is -0.384. The molecule has 0 amide bonds. The minimum atomic E-state index is -0.471. The lowest BCUT2D eigenvalue weighted by Crippen LogP contribution is -2.15. The van der Waals surface area contributed by atoms with E-state index in [1.807, 2.05) is 6.92 Å². The number of nitrogens with two attached hydrogens (primary N) is 1. The Labute approximate surface area is 127 Å². The second-order valence-electron chi connectivity index (χ2n) is 4.62. The van der Waals surface area contributed by atoms with Crippen LogP contribution in [0, 0.1) is 17.0 Å². The molecule has 2 rings (SSSR count). The van der Waals surface area contributed by atoms with Crippen molar-refractivity contribution in [1.29, 1.82) is 0 Å². The maximum absolute atomic E-state index is 11.0. The van der Waals surface area contributed by atoms with Crippen LogP contribution < -0.4 is 15.9 Å². The fourth-order valence-corrected chi connectivity index (χ4v) is 1.85. The molecule has 0 aliphatic rings. The molecular formula is C15H16N4O3. The molecule has 2 aromatic rings. The van der Waals surface area contributed by atoms with E-state index in [1.165, 1.54) is 6.07 Å². The van der Waals surface area contributed by atoms with Crippen molar-refractivity contribution in [3.8, 4) is 5.75 Å². The first-order chi connectivity index (χ1) is 10.5. The highest BCUT2D eigenvalue weighted by atomic mass is 16.6. The van der Waals surface area contributed by atoms with Gasteiger partial charge in [0.05, 0.1) is 12.0 Å². The van der Waals surface area contributed by atoms with Crippen LogP contribution in [0.1, 0.15) is 11.1 Å². The van der Waals surface area contributed by atoms with Gasteiger partial charge in [0, 0.05) is 11.6 Å². The molecule has 0 saturated heterocycles. The highest BCUT2D eigenvalue weighted by Crippen LogP contribution is 2.25. The van der Waals surface area contributed by atoms with Gasteiger partial charge in [0.15, 0.2) is 5.84 Å². The topological polar surface area (TPSA) is 103 Å². The van der Waals surface area contributed by atoms with Crippen LogP contribution in [0.3, 0.4) is 0 Å². The number of aryl methyl sites for hydroxylation is 1. The molecular weight excluding hydrogens is 284 g/mol. The van der Waals surface area contributed by atoms with Crippen molar-refractivity contribution in [2.45, 2.75) is 6.92 Å². The third-order valence-corrected chi connectivity index (χ3v) is 3.03. The molecule has 114 valence electrons. The fourth-order valence-electron chi connectivity index (χ4n) is 1.85. The number of hydrogen-bond acceptors (Lipinski definition) is 5. The molecule has 0 aliphatic heterocycles. The van der Waals surface area contributed by atoms with Gasteiger partial charge in [-0.2, -0.15) is 5.10 Å². The number of anilines is 1. The van der Waals surface area contributed by atoms with Gasteiger partial charge in [-0.15, -0.1) is 0 Å². The highest BCUT2D eigenvalue weighted by molar-refractivity contribution is 5.98. The van der Waals surface area contributed by atoms with Gasteiger partial charge in [-0.3, -0.25) is 15.5 Å². The van der Waals surface area contributed by atoms with Crippen LogP contribution in [0.15, 0.2) is 47.6 Å². The fraction of sp³-hybridized carbons (Fsp3) is 0.133. The Morgan fingerprint density at radius 2 is 1.95 bits per heavy atom. The predicted molar refractivity (Wildman–Crippen MR) is 85.2 cm³/mol. The normalized spacial score (nSPS) is 11.1. The quantitative estimate of drug-likeness (QED) is 0.382. The molecule has 0 bridgehead atoms. The molecule has 7 heteroatoms. The third kappa shape index (κ3) is 3.51. The van der Waals surface area contributed by atoms with E-state index in [2.05, 4.69) is 10.5 Å². The highest BCUT2D eigenvalue weighted by Gasteiger charge is 2.13. The lowest BCUT2D eigenvalue weighted by atomic mass is 10.2. The van der Waals surface area contributed by atoms with Gasteiger partial charge in [-0.05, 0) is 42.8 Å². The Kier molecular flexibility index (Phi) is 4.57. The summed E-state index contributed by atoms with van der Waals surface area (Å²) in [6, 6.07) is 11.8. The van der Waals surface area contributed by atoms with Crippen molar-refractivity contribution in [3.63, 3.8) is 0 Å². The summed E-state index contributed by atoms with van der Waals surface area (Å²) in [5, 5.41) is 15.0. The number of rotatable bonds is 5. The molecule has 22 heavy (non-hydrogen) atoms. The Balaban J connectivity index is 2.23. The van der Waals surface area contributed by atoms with Gasteiger partial charge in [0.25, 0.3) is 5.69 Å². The largest absolute Gasteiger partial charge is 0.497 e. The monoisotopic (exact) mass is 300 g/mol. The van der Waals surface area contributed by atoms with Gasteiger partial charge in [-0.1, -0.05) is 6.07 Å². The number of ether oxygens (including phenoxy) is 1. The van der Waals surface area contributed by atoms with E-state index in [0.717, 1.165) is 5.56 Å². The smallest absolute Gasteiger partial charge is 0.294 e. The number of benzene rings is 2. The molecule has 0 aromatic heterocycles. The zero-order valence-electron chi connectivity index (χ0n) is 12.2. The van der Waals surface area contributed by atoms with Crippen LogP contribution in [0.4, 0.5) is 11.4 Å². The Bertz CT molecular complexity index is 711. The summed E-state index contributed by atoms with van der Waals surface area (Å²) in [7, 11) is 1.57. The number of hydrogen-bond donors (Lipinski definition) is 2. The summed E-state index contributed by atoms with van der Waals surface area (Å²) in [5.41, 5.74) is 10.3. The summed E-state index contributed by atoms with van der Waals surface area (Å²) in [6.07, 6.45) is 0. The van der Waals surface area contributed by atoms with Crippen LogP contribution >= 0.6 is 0 Å². The number of nitrogens with one attached hydrogen (secondary N) is 1. The molecule has 0 spiro atoms. The molecule has 0 heterocycles. The van der Waals surface area contributed by atoms with E-state index in [4.69, 9.17) is 10.5 Å². The molecule has 0 atom stereocenters. The summed E-state index contributed by atoms with van der Waals surface area (Å²) < 4.78 is 5.06. The summed E-state index contributed by atoms with van der Waals surface area (Å²) in [6.45, 7) is 1.84. The average Bonchev–Trinajstić information content (AvgIpc) is 2.52. The minimum Gasteiger partial charge on any atom is -0.497 e. The number of methoxy groups -OCH3 is 1. The van der Waals surface area contributed by atoms with Crippen molar-refractivity contribution >= 4 is 17.2 Å². The Hall–Kier alpha value is -3.09. The average molecular weight is 300 g/mol. The number of amidine groups is 1. The second-order valence-corrected chi connectivity index (χ2v) is 4.62. The van der Waals surface area contributed by atoms with Gasteiger partial charge in [0.1, 0.15) is 11.4 Å². The summed E-state index contributed by atoms with van der Waals surface area (Å²) in [5.74, 6) is 0.928. The van der Waals surface area contributed by atoms with E-state index in [1.54, 1.807) is 43.5 Å². The SMILES string of the molecule is COc1ccc(/C(N)=N\Nc2cc(C)ccc2[N+](=O)[O-])cc1. The van der Waals surface area contributed by atoms with E-state index >= 15 is 0 Å². The van der Waals surface area contributed by atoms with Gasteiger partial charge in [0.2, 0.25) is 0 Å². The molecule has 3 N–H and O–H groups in total. The molecule has 2 aromatic carbocycles. The van der Waals surface area contributed by atoms with Crippen molar-refractivity contribution in [1.82, 2.24) is 0 Å². The summed E-state index contributed by atoms with van der Waals surface area (Å²) in [4.78, 5) is 10.5. The minimum absolute atomic E-state index is 0.0584. The maximum Gasteiger partial charge on any atom is 0.294 e. The van der Waals surface area contributed by atoms with Gasteiger partial charge < -0.3 is 10.5 Å². The van der Waals surface area contributed by atoms with E-state index < -0.39 is 4.92 Å². The number of nitro groups is 1. The van der Waals surface area contributed by atoms with Crippen LogP contribution in [-0.2, 0) is 0 Å². The first-order valence-corrected chi connectivity index (χ1v) is 6.50. The van der Waals surface area contributed by atoms with Crippen LogP contribution in [-0.4, -0.2) is 17.9 Å². The van der Waals surface area contributed by atoms with Gasteiger partial charge >= 0.3 is 0 Å². The third-order valence-electron chi connectivity index (χ3n) is 3.03. The Morgan fingerprint density at radius 1 is 1.27 bits per heavy atom. The molecule has 7 nitrogen and oxygen atoms in total. The zero-order chi connectivity index (χ0) is 16.1. The Morgan fingerprint density at radius 3 is 2.55 bits per heavy atom. The second kappa shape index (κ2) is 6.57. The van der Waals surface area contributed by atoms with E-state index in [0.29, 0.717) is 17.0 Å². The van der Waals surface area contributed by atoms with Crippen LogP contribution in [0.2, 0.25) is 0 Å². The number of nitrogens with zero attached hydrogens (tertiary/aromatic N) is 2. The lowest BCUT2D eigenvalue weighted by Gasteiger charge is -2.06. The number of hydrazone groups is 1. The molecule has 0 saturated carbocycles. The standard InChI is InChI=1S/C15H16N4O3/c1-10-3-8-14(19(20)21)13(9-10)17-18-15(16)11-4-6-12(22-2)7-5-11/h3-9,17H,1-2H3,(H2,16,18). The van der Waals surface area contributed by atoms with Crippen LogP contribution in [0.5, 0.6) is 5.75 Å². The van der Waals surface area contributed by atoms with Crippen molar-refractivity contribution in [2.75, 3.05) is 12.5 Å². The van der Waals surface area contributed by atoms with E-state index in [-0.39, 0.29) is 11.5 Å². The molecule has 0 unspecified atom stereocenters. The zero-order valence-corrected chi connectivity index (χ0v) is 12.2. The first-order valence-electron chi connectivity index (χ1n) is 6.50. The number of nitro benzene ring substituents is 1. The van der Waals surface area contributed by atoms with Crippen LogP contribution in [0.25, 0.3) is 0 Å². The van der Waals surface area contributed by atoms with Gasteiger partial charge in [-0.25, -0.2) is 0 Å². The predicted octanol–water partition coefficient (Wildman–Crippen LogP) is 2.64. The van der Waals surface area contributed by atoms with Crippen molar-refractivity contribution < 1.29 is 9.66 Å². The maximum atomic E-state index is 11.0. The van der Waals surface area contributed by atoms with Crippen molar-refractivity contribution in [3.05, 3.63) is 63.7 Å². The molecule has 0 aliphatic carbocycles. The van der Waals surface area contributed by atoms with Crippen molar-refractivity contribution in [2.24, 2.45) is 10.8 Å². The molecule has 0 radical (unpaired) electrons. The van der Waals surface area contributed by atoms with E-state index in [9.17, 15) is 10.1 Å². The molecule has 0 fully saturated rings. The first kappa shape index (κ1) is 15.3.